The standard InChI is InChI=1S/C25H23ClN6O4/c26-19-9-14(25(35)32-20-3-1-2-8-27-20)4-7-17(19)22(34)18-10-28-23-21(18)24(30-13-29-23)31-15-5-6-16(11-33)36-12-15/h1-4,7-10,13,15-16,33H,5-6,11-12H2,(H,27,32,35)(H2,28,29,30,31)/t15-,16-/m1/s1. The minimum absolute atomic E-state index is 0.00864. The van der Waals surface area contributed by atoms with Crippen LogP contribution in [0.25, 0.3) is 11.0 Å². The van der Waals surface area contributed by atoms with Crippen molar-refractivity contribution in [2.24, 2.45) is 0 Å². The van der Waals surface area contributed by atoms with Gasteiger partial charge in [0.2, 0.25) is 0 Å². The molecule has 184 valence electrons. The van der Waals surface area contributed by atoms with Gasteiger partial charge in [-0.05, 0) is 43.2 Å². The largest absolute Gasteiger partial charge is 0.394 e. The molecule has 0 aliphatic carbocycles. The highest BCUT2D eigenvalue weighted by molar-refractivity contribution is 6.36. The summed E-state index contributed by atoms with van der Waals surface area (Å²) in [6, 6.07) is 9.68. The number of aromatic amines is 1. The average Bonchev–Trinajstić information content (AvgIpc) is 3.34. The first-order valence-corrected chi connectivity index (χ1v) is 11.8. The van der Waals surface area contributed by atoms with E-state index in [0.717, 1.165) is 12.8 Å². The van der Waals surface area contributed by atoms with Crippen LogP contribution in [0.15, 0.2) is 55.1 Å². The Hall–Kier alpha value is -3.86. The maximum atomic E-state index is 13.5. The molecule has 0 bridgehead atoms. The monoisotopic (exact) mass is 506 g/mol. The lowest BCUT2D eigenvalue weighted by Gasteiger charge is -2.29. The molecule has 2 atom stereocenters. The minimum Gasteiger partial charge on any atom is -0.394 e. The molecule has 4 aromatic rings. The molecule has 10 nitrogen and oxygen atoms in total. The number of pyridine rings is 1. The fourth-order valence-corrected chi connectivity index (χ4v) is 4.39. The van der Waals surface area contributed by atoms with E-state index in [1.165, 1.54) is 18.5 Å². The summed E-state index contributed by atoms with van der Waals surface area (Å²) in [6.45, 7) is 0.406. The third-order valence-electron chi connectivity index (χ3n) is 6.01. The lowest BCUT2D eigenvalue weighted by Crippen LogP contribution is -2.36. The van der Waals surface area contributed by atoms with Gasteiger partial charge in [0, 0.05) is 23.5 Å². The molecule has 5 rings (SSSR count). The number of carbonyl (C=O) groups excluding carboxylic acids is 2. The number of anilines is 2. The number of hydrogen-bond donors (Lipinski definition) is 4. The lowest BCUT2D eigenvalue weighted by molar-refractivity contribution is -0.0224. The van der Waals surface area contributed by atoms with E-state index in [-0.39, 0.29) is 41.0 Å². The molecule has 0 radical (unpaired) electrons. The number of benzene rings is 1. The molecule has 1 amide bonds. The first-order chi connectivity index (χ1) is 17.5. The quantitative estimate of drug-likeness (QED) is 0.279. The van der Waals surface area contributed by atoms with E-state index in [0.29, 0.717) is 40.4 Å². The van der Waals surface area contributed by atoms with Crippen LogP contribution >= 0.6 is 11.6 Å². The number of aliphatic hydroxyl groups excluding tert-OH is 1. The van der Waals surface area contributed by atoms with Crippen LogP contribution in [0.1, 0.15) is 39.1 Å². The van der Waals surface area contributed by atoms with E-state index in [1.807, 2.05) is 0 Å². The number of nitrogens with one attached hydrogen (secondary N) is 3. The number of hydrogen-bond acceptors (Lipinski definition) is 8. The first-order valence-electron chi connectivity index (χ1n) is 11.4. The van der Waals surface area contributed by atoms with Gasteiger partial charge >= 0.3 is 0 Å². The molecule has 1 aliphatic heterocycles. The number of fused-ring (bicyclic) bond motifs is 1. The predicted octanol–water partition coefficient (Wildman–Crippen LogP) is 3.44. The number of aliphatic hydroxyl groups is 1. The Bertz CT molecular complexity index is 1400. The highest BCUT2D eigenvalue weighted by Crippen LogP contribution is 2.29. The molecule has 36 heavy (non-hydrogen) atoms. The molecule has 0 saturated carbocycles. The smallest absolute Gasteiger partial charge is 0.256 e. The molecule has 4 N–H and O–H groups in total. The lowest BCUT2D eigenvalue weighted by atomic mass is 10.0. The van der Waals surface area contributed by atoms with Crippen molar-refractivity contribution in [1.29, 1.82) is 0 Å². The maximum Gasteiger partial charge on any atom is 0.256 e. The zero-order valence-electron chi connectivity index (χ0n) is 19.1. The van der Waals surface area contributed by atoms with Gasteiger partial charge in [0.15, 0.2) is 5.78 Å². The van der Waals surface area contributed by atoms with E-state index < -0.39 is 0 Å². The number of nitrogens with zero attached hydrogens (tertiary/aromatic N) is 3. The first kappa shape index (κ1) is 23.9. The summed E-state index contributed by atoms with van der Waals surface area (Å²) in [6.07, 6.45) is 5.91. The molecule has 1 fully saturated rings. The zero-order valence-corrected chi connectivity index (χ0v) is 19.8. The highest BCUT2D eigenvalue weighted by Gasteiger charge is 2.25. The van der Waals surface area contributed by atoms with Gasteiger partial charge in [-0.2, -0.15) is 0 Å². The summed E-state index contributed by atoms with van der Waals surface area (Å²) in [5.41, 5.74) is 1.40. The number of H-pyrrole nitrogens is 1. The molecule has 4 heterocycles. The van der Waals surface area contributed by atoms with Gasteiger partial charge < -0.3 is 25.5 Å². The summed E-state index contributed by atoms with van der Waals surface area (Å²) in [5.74, 6) is 0.191. The Labute approximate surface area is 211 Å². The van der Waals surface area contributed by atoms with Crippen LogP contribution in [-0.2, 0) is 4.74 Å². The Morgan fingerprint density at radius 1 is 1.14 bits per heavy atom. The van der Waals surface area contributed by atoms with Crippen LogP contribution in [0.4, 0.5) is 11.6 Å². The number of ether oxygens (including phenoxy) is 1. The molecule has 3 aromatic heterocycles. The number of amides is 1. The summed E-state index contributed by atoms with van der Waals surface area (Å²) in [4.78, 5) is 41.8. The summed E-state index contributed by atoms with van der Waals surface area (Å²) in [5, 5.41) is 16.0. The van der Waals surface area contributed by atoms with Crippen LogP contribution in [0, 0.1) is 0 Å². The van der Waals surface area contributed by atoms with Crippen LogP contribution in [0.2, 0.25) is 5.02 Å². The van der Waals surface area contributed by atoms with Gasteiger partial charge in [0.25, 0.3) is 5.91 Å². The molecular formula is C25H23ClN6O4. The molecule has 0 spiro atoms. The van der Waals surface area contributed by atoms with Crippen LogP contribution in [0.3, 0.4) is 0 Å². The van der Waals surface area contributed by atoms with E-state index in [9.17, 15) is 14.7 Å². The van der Waals surface area contributed by atoms with Crippen molar-refractivity contribution < 1.29 is 19.4 Å². The van der Waals surface area contributed by atoms with Gasteiger partial charge in [-0.3, -0.25) is 9.59 Å². The van der Waals surface area contributed by atoms with Gasteiger partial charge in [-0.15, -0.1) is 0 Å². The number of aromatic nitrogens is 4. The number of ketones is 1. The van der Waals surface area contributed by atoms with Gasteiger partial charge in [-0.1, -0.05) is 17.7 Å². The number of carbonyl (C=O) groups is 2. The number of halogens is 1. The molecule has 11 heteroatoms. The Morgan fingerprint density at radius 3 is 2.75 bits per heavy atom. The minimum atomic E-state index is -0.389. The second-order valence-corrected chi connectivity index (χ2v) is 8.80. The second-order valence-electron chi connectivity index (χ2n) is 8.40. The van der Waals surface area contributed by atoms with Crippen LogP contribution in [-0.4, -0.2) is 62.1 Å². The fourth-order valence-electron chi connectivity index (χ4n) is 4.12. The molecule has 1 aliphatic rings. The topological polar surface area (TPSA) is 142 Å². The van der Waals surface area contributed by atoms with Crippen LogP contribution in [0.5, 0.6) is 0 Å². The Balaban J connectivity index is 1.38. The van der Waals surface area contributed by atoms with E-state index >= 15 is 0 Å². The van der Waals surface area contributed by atoms with Crippen molar-refractivity contribution in [2.75, 3.05) is 23.8 Å². The van der Waals surface area contributed by atoms with E-state index in [1.54, 1.807) is 36.7 Å². The Morgan fingerprint density at radius 2 is 2.03 bits per heavy atom. The summed E-state index contributed by atoms with van der Waals surface area (Å²) >= 11 is 6.45. The van der Waals surface area contributed by atoms with Crippen molar-refractivity contribution in [3.05, 3.63) is 76.8 Å². The third-order valence-corrected chi connectivity index (χ3v) is 6.32. The normalized spacial score (nSPS) is 17.6. The van der Waals surface area contributed by atoms with Crippen molar-refractivity contribution >= 4 is 46.0 Å². The molecule has 1 saturated heterocycles. The summed E-state index contributed by atoms with van der Waals surface area (Å²) < 4.78 is 5.65. The fraction of sp³-hybridized carbons (Fsp3) is 0.240. The third kappa shape index (κ3) is 4.92. The second kappa shape index (κ2) is 10.4. The average molecular weight is 507 g/mol. The van der Waals surface area contributed by atoms with Crippen molar-refractivity contribution in [3.63, 3.8) is 0 Å². The molecule has 1 aromatic carbocycles. The molecular weight excluding hydrogens is 484 g/mol. The summed E-state index contributed by atoms with van der Waals surface area (Å²) in [7, 11) is 0. The maximum absolute atomic E-state index is 13.5. The predicted molar refractivity (Wildman–Crippen MR) is 134 cm³/mol. The highest BCUT2D eigenvalue weighted by atomic mass is 35.5. The van der Waals surface area contributed by atoms with E-state index in [2.05, 4.69) is 30.6 Å². The zero-order chi connectivity index (χ0) is 25.1. The van der Waals surface area contributed by atoms with Gasteiger partial charge in [-0.25, -0.2) is 15.0 Å². The van der Waals surface area contributed by atoms with Gasteiger partial charge in [0.05, 0.1) is 41.3 Å². The van der Waals surface area contributed by atoms with Crippen molar-refractivity contribution in [2.45, 2.75) is 25.0 Å². The van der Waals surface area contributed by atoms with Gasteiger partial charge in [0.1, 0.15) is 23.6 Å². The van der Waals surface area contributed by atoms with E-state index in [4.69, 9.17) is 16.3 Å². The van der Waals surface area contributed by atoms with Crippen LogP contribution < -0.4 is 10.6 Å². The molecule has 0 unspecified atom stereocenters. The van der Waals surface area contributed by atoms with Crippen molar-refractivity contribution in [3.8, 4) is 0 Å². The van der Waals surface area contributed by atoms with Crippen molar-refractivity contribution in [1.82, 2.24) is 19.9 Å². The Kier molecular flexibility index (Phi) is 6.90. The SMILES string of the molecule is O=C(Nc1ccccn1)c1ccc(C(=O)c2c[nH]c3ncnc(N[C@@H]4CC[C@H](CO)OC4)c23)c(Cl)c1. The number of rotatable bonds is 7.